The average molecular weight is 294 g/mol. The second-order valence-corrected chi connectivity index (χ2v) is 5.67. The monoisotopic (exact) mass is 294 g/mol. The first-order valence-corrected chi connectivity index (χ1v) is 7.22. The van der Waals surface area contributed by atoms with Crippen molar-refractivity contribution in [3.8, 4) is 5.75 Å². The highest BCUT2D eigenvalue weighted by Crippen LogP contribution is 2.21. The third-order valence-electron chi connectivity index (χ3n) is 2.90. The van der Waals surface area contributed by atoms with Crippen molar-refractivity contribution in [2.45, 2.75) is 46.4 Å². The van der Waals surface area contributed by atoms with Crippen LogP contribution < -0.4 is 10.1 Å². The topological polar surface area (TPSA) is 61.8 Å². The van der Waals surface area contributed by atoms with E-state index in [0.29, 0.717) is 13.1 Å². The largest absolute Gasteiger partial charge is 0.491 e. The van der Waals surface area contributed by atoms with Gasteiger partial charge in [0.15, 0.2) is 0 Å². The number of nitrogens with one attached hydrogen (secondary N) is 1. The van der Waals surface area contributed by atoms with Crippen LogP contribution in [0.5, 0.6) is 5.75 Å². The Balaban J connectivity index is 2.68. The number of hydrogen-bond donors (Lipinski definition) is 2. The number of rotatable bonds is 6. The van der Waals surface area contributed by atoms with Crippen molar-refractivity contribution in [3.05, 3.63) is 29.3 Å². The zero-order chi connectivity index (χ0) is 16.0. The van der Waals surface area contributed by atoms with Gasteiger partial charge in [-0.05, 0) is 39.3 Å². The third kappa shape index (κ3) is 6.04. The van der Waals surface area contributed by atoms with Gasteiger partial charge in [-0.15, -0.1) is 0 Å². The van der Waals surface area contributed by atoms with Gasteiger partial charge in [-0.1, -0.05) is 12.1 Å². The third-order valence-corrected chi connectivity index (χ3v) is 2.90. The van der Waals surface area contributed by atoms with Crippen LogP contribution in [0.1, 0.15) is 31.9 Å². The van der Waals surface area contributed by atoms with Gasteiger partial charge in [-0.3, -0.25) is 0 Å². The number of likely N-dealkylation sites (N-methyl/N-ethyl adjacent to an activating group) is 1. The van der Waals surface area contributed by atoms with Crippen molar-refractivity contribution in [1.29, 1.82) is 0 Å². The van der Waals surface area contributed by atoms with Gasteiger partial charge in [0.25, 0.3) is 0 Å². The second-order valence-electron chi connectivity index (χ2n) is 5.67. The number of urea groups is 1. The molecule has 0 aliphatic rings. The number of ether oxygens (including phenoxy) is 1. The van der Waals surface area contributed by atoms with Gasteiger partial charge in [-0.25, -0.2) is 4.79 Å². The Labute approximate surface area is 126 Å². The van der Waals surface area contributed by atoms with Crippen LogP contribution in [-0.2, 0) is 6.54 Å². The van der Waals surface area contributed by atoms with Gasteiger partial charge < -0.3 is 20.1 Å². The number of benzene rings is 1. The summed E-state index contributed by atoms with van der Waals surface area (Å²) in [6, 6.07) is 5.71. The van der Waals surface area contributed by atoms with E-state index in [2.05, 4.69) is 5.32 Å². The molecule has 0 fully saturated rings. The Kier molecular flexibility index (Phi) is 6.49. The molecule has 0 aromatic heterocycles. The lowest BCUT2D eigenvalue weighted by atomic mass is 10.1. The van der Waals surface area contributed by atoms with Crippen LogP contribution in [0.2, 0.25) is 0 Å². The van der Waals surface area contributed by atoms with Gasteiger partial charge in [0.05, 0.1) is 12.2 Å². The smallest absolute Gasteiger partial charge is 0.317 e. The molecule has 2 N–H and O–H groups in total. The molecule has 0 aliphatic carbocycles. The highest BCUT2D eigenvalue weighted by molar-refractivity contribution is 5.73. The van der Waals surface area contributed by atoms with E-state index in [1.165, 1.54) is 4.90 Å². The van der Waals surface area contributed by atoms with E-state index in [1.807, 2.05) is 39.0 Å². The molecule has 2 amide bonds. The Morgan fingerprint density at radius 1 is 1.38 bits per heavy atom. The fraction of sp³-hybridized carbons (Fsp3) is 0.562. The molecule has 0 spiro atoms. The Morgan fingerprint density at radius 2 is 2.05 bits per heavy atom. The number of aliphatic hydroxyl groups excluding tert-OH is 1. The van der Waals surface area contributed by atoms with Crippen LogP contribution in [0, 0.1) is 6.92 Å². The minimum atomic E-state index is -0.542. The van der Waals surface area contributed by atoms with E-state index in [0.717, 1.165) is 16.9 Å². The van der Waals surface area contributed by atoms with Crippen LogP contribution in [0.15, 0.2) is 18.2 Å². The number of aliphatic hydroxyl groups is 1. The lowest BCUT2D eigenvalue weighted by Gasteiger charge is -2.20. The van der Waals surface area contributed by atoms with Gasteiger partial charge in [-0.2, -0.15) is 0 Å². The number of nitrogens with zero attached hydrogens (tertiary/aromatic N) is 1. The quantitative estimate of drug-likeness (QED) is 0.846. The Bertz CT molecular complexity index is 473. The van der Waals surface area contributed by atoms with E-state index in [-0.39, 0.29) is 12.1 Å². The molecule has 0 saturated heterocycles. The van der Waals surface area contributed by atoms with Crippen molar-refractivity contribution in [2.24, 2.45) is 0 Å². The summed E-state index contributed by atoms with van der Waals surface area (Å²) in [7, 11) is 1.66. The molecule has 5 heteroatoms. The molecule has 0 radical (unpaired) electrons. The zero-order valence-electron chi connectivity index (χ0n) is 13.5. The van der Waals surface area contributed by atoms with Crippen LogP contribution in [-0.4, -0.2) is 41.8 Å². The summed E-state index contributed by atoms with van der Waals surface area (Å²) in [6.07, 6.45) is -0.459. The molecule has 0 aliphatic heterocycles. The maximum Gasteiger partial charge on any atom is 0.317 e. The normalized spacial score (nSPS) is 12.1. The summed E-state index contributed by atoms with van der Waals surface area (Å²) >= 11 is 0. The number of carbonyl (C=O) groups is 1. The van der Waals surface area contributed by atoms with Crippen molar-refractivity contribution in [1.82, 2.24) is 10.2 Å². The molecule has 1 aromatic rings. The molecule has 0 saturated carbocycles. The predicted octanol–water partition coefficient (Wildman–Crippen LogP) is 2.30. The predicted molar refractivity (Wildman–Crippen MR) is 83.5 cm³/mol. The fourth-order valence-corrected chi connectivity index (χ4v) is 1.96. The van der Waals surface area contributed by atoms with Crippen molar-refractivity contribution in [2.75, 3.05) is 13.6 Å². The zero-order valence-corrected chi connectivity index (χ0v) is 13.5. The summed E-state index contributed by atoms with van der Waals surface area (Å²) in [5.41, 5.74) is 2.06. The number of amides is 2. The maximum atomic E-state index is 11.9. The van der Waals surface area contributed by atoms with E-state index in [1.54, 1.807) is 14.0 Å². The molecule has 1 atom stereocenters. The summed E-state index contributed by atoms with van der Waals surface area (Å²) in [4.78, 5) is 13.4. The summed E-state index contributed by atoms with van der Waals surface area (Å²) < 4.78 is 5.78. The van der Waals surface area contributed by atoms with Gasteiger partial charge in [0.2, 0.25) is 0 Å². The van der Waals surface area contributed by atoms with E-state index < -0.39 is 6.10 Å². The van der Waals surface area contributed by atoms with Crippen LogP contribution in [0.25, 0.3) is 0 Å². The highest BCUT2D eigenvalue weighted by atomic mass is 16.5. The molecule has 1 rings (SSSR count). The lowest BCUT2D eigenvalue weighted by molar-refractivity contribution is 0.143. The Morgan fingerprint density at radius 3 is 2.62 bits per heavy atom. The first kappa shape index (κ1) is 17.3. The molecule has 118 valence electrons. The number of aryl methyl sites for hydroxylation is 1. The van der Waals surface area contributed by atoms with Crippen LogP contribution in [0.3, 0.4) is 0 Å². The molecule has 0 heterocycles. The minimum Gasteiger partial charge on any atom is -0.491 e. The van der Waals surface area contributed by atoms with Crippen LogP contribution in [0.4, 0.5) is 4.79 Å². The van der Waals surface area contributed by atoms with Crippen molar-refractivity contribution < 1.29 is 14.6 Å². The van der Waals surface area contributed by atoms with E-state index in [9.17, 15) is 9.90 Å². The minimum absolute atomic E-state index is 0.0826. The van der Waals surface area contributed by atoms with Gasteiger partial charge in [0, 0.05) is 25.7 Å². The Hall–Kier alpha value is -1.75. The first-order chi connectivity index (χ1) is 9.79. The average Bonchev–Trinajstić information content (AvgIpc) is 2.35. The summed E-state index contributed by atoms with van der Waals surface area (Å²) in [5, 5.41) is 12.1. The molecule has 1 unspecified atom stereocenters. The second kappa shape index (κ2) is 7.88. The van der Waals surface area contributed by atoms with Crippen molar-refractivity contribution in [3.63, 3.8) is 0 Å². The van der Waals surface area contributed by atoms with Crippen molar-refractivity contribution >= 4 is 6.03 Å². The SMILES string of the molecule is Cc1ccc(CNC(=O)N(C)CC(C)O)c(OC(C)C)c1. The lowest BCUT2D eigenvalue weighted by Crippen LogP contribution is -2.40. The molecular weight excluding hydrogens is 268 g/mol. The first-order valence-electron chi connectivity index (χ1n) is 7.22. The standard InChI is InChI=1S/C16H26N2O3/c1-11(2)21-15-8-12(3)6-7-14(15)9-17-16(20)18(5)10-13(4)19/h6-8,11,13,19H,9-10H2,1-5H3,(H,17,20). The summed E-state index contributed by atoms with van der Waals surface area (Å²) in [6.45, 7) is 8.30. The molecule has 0 bridgehead atoms. The molecule has 5 nitrogen and oxygen atoms in total. The molecular formula is C16H26N2O3. The maximum absolute atomic E-state index is 11.9. The fourth-order valence-electron chi connectivity index (χ4n) is 1.96. The number of hydrogen-bond acceptors (Lipinski definition) is 3. The molecule has 21 heavy (non-hydrogen) atoms. The highest BCUT2D eigenvalue weighted by Gasteiger charge is 2.12. The molecule has 1 aromatic carbocycles. The van der Waals surface area contributed by atoms with E-state index >= 15 is 0 Å². The summed E-state index contributed by atoms with van der Waals surface area (Å²) in [5.74, 6) is 0.795. The van der Waals surface area contributed by atoms with Crippen LogP contribution >= 0.6 is 0 Å². The van der Waals surface area contributed by atoms with E-state index in [4.69, 9.17) is 4.74 Å². The number of carbonyl (C=O) groups excluding carboxylic acids is 1. The van der Waals surface area contributed by atoms with Gasteiger partial charge >= 0.3 is 6.03 Å². The van der Waals surface area contributed by atoms with Gasteiger partial charge in [0.1, 0.15) is 5.75 Å².